The SMILES string of the molecule is C=C(CO)C(=O)OCCCCOC(=O)Oc1ccc(-c2ccc(OC(=O)/C=C/c3ccc(OCCCCCCOC(=O)C(=C)CC(=O)OC4CCCCC4)cc3)cc2)cc1. The summed E-state index contributed by atoms with van der Waals surface area (Å²) in [5.41, 5.74) is 2.60. The molecule has 3 aromatic rings. The molecule has 4 rings (SSSR count). The fourth-order valence-corrected chi connectivity index (χ4v) is 5.91. The van der Waals surface area contributed by atoms with Gasteiger partial charge in [0, 0.05) is 11.6 Å². The summed E-state index contributed by atoms with van der Waals surface area (Å²) in [6, 6.07) is 21.2. The standard InChI is InChI=1S/C47H54O13/c1-34(32-44(50)59-40-12-6-5-7-13-40)45(51)55-29-9-4-3-8-28-54-39-21-14-36(15-22-39)16-27-43(49)58-41-23-17-37(18-24-41)38-19-25-42(26-20-38)60-47(53)57-31-11-10-30-56-46(52)35(2)33-48/h14-27,40,48H,1-13,28-33H2/b27-16+. The van der Waals surface area contributed by atoms with E-state index in [4.69, 9.17) is 38.3 Å². The summed E-state index contributed by atoms with van der Waals surface area (Å²) in [5, 5.41) is 8.85. The molecule has 0 aromatic heterocycles. The van der Waals surface area contributed by atoms with E-state index in [0.29, 0.717) is 43.1 Å². The Morgan fingerprint density at radius 3 is 1.72 bits per heavy atom. The van der Waals surface area contributed by atoms with Gasteiger partial charge >= 0.3 is 30.0 Å². The molecule has 0 saturated heterocycles. The normalized spacial score (nSPS) is 12.6. The fraction of sp³-hybridized carbons (Fsp3) is 0.383. The summed E-state index contributed by atoms with van der Waals surface area (Å²) in [5.74, 6) is -0.783. The third-order valence-corrected chi connectivity index (χ3v) is 9.26. The Hall–Kier alpha value is -6.21. The highest BCUT2D eigenvalue weighted by molar-refractivity contribution is 5.93. The van der Waals surface area contributed by atoms with Crippen LogP contribution in [0.3, 0.4) is 0 Å². The van der Waals surface area contributed by atoms with Gasteiger partial charge in [-0.05, 0) is 123 Å². The van der Waals surface area contributed by atoms with Crippen LogP contribution in [0.2, 0.25) is 0 Å². The van der Waals surface area contributed by atoms with Crippen LogP contribution in [0.5, 0.6) is 17.2 Å². The first kappa shape index (κ1) is 46.5. The van der Waals surface area contributed by atoms with Crippen molar-refractivity contribution < 1.29 is 62.2 Å². The minimum absolute atomic E-state index is 0.0243. The summed E-state index contributed by atoms with van der Waals surface area (Å²) < 4.78 is 37.2. The predicted octanol–water partition coefficient (Wildman–Crippen LogP) is 8.66. The van der Waals surface area contributed by atoms with Crippen LogP contribution in [0.25, 0.3) is 17.2 Å². The molecule has 1 saturated carbocycles. The van der Waals surface area contributed by atoms with E-state index in [9.17, 15) is 24.0 Å². The van der Waals surface area contributed by atoms with E-state index in [0.717, 1.165) is 61.6 Å². The molecule has 0 atom stereocenters. The molecule has 0 aliphatic heterocycles. The average Bonchev–Trinajstić information content (AvgIpc) is 3.25. The number of hydrogen-bond acceptors (Lipinski definition) is 13. The average molecular weight is 827 g/mol. The first-order valence-corrected chi connectivity index (χ1v) is 20.3. The zero-order valence-corrected chi connectivity index (χ0v) is 33.9. The minimum atomic E-state index is -0.856. The van der Waals surface area contributed by atoms with Crippen LogP contribution in [-0.4, -0.2) is 74.3 Å². The molecule has 0 unspecified atom stereocenters. The second-order valence-electron chi connectivity index (χ2n) is 14.1. The van der Waals surface area contributed by atoms with E-state index < -0.39 is 36.6 Å². The Balaban J connectivity index is 1.04. The van der Waals surface area contributed by atoms with Crippen LogP contribution in [0.4, 0.5) is 4.79 Å². The van der Waals surface area contributed by atoms with Crippen molar-refractivity contribution in [2.24, 2.45) is 0 Å². The first-order chi connectivity index (χ1) is 29.1. The van der Waals surface area contributed by atoms with Gasteiger partial charge in [0.05, 0.1) is 45.0 Å². The third-order valence-electron chi connectivity index (χ3n) is 9.26. The van der Waals surface area contributed by atoms with Gasteiger partial charge in [0.1, 0.15) is 23.4 Å². The largest absolute Gasteiger partial charge is 0.513 e. The lowest BCUT2D eigenvalue weighted by Crippen LogP contribution is -2.22. The van der Waals surface area contributed by atoms with Crippen molar-refractivity contribution in [2.45, 2.75) is 83.2 Å². The van der Waals surface area contributed by atoms with Crippen molar-refractivity contribution in [1.29, 1.82) is 0 Å². The maximum absolute atomic E-state index is 12.5. The smallest absolute Gasteiger partial charge is 0.494 e. The second-order valence-corrected chi connectivity index (χ2v) is 14.1. The third kappa shape index (κ3) is 17.7. The van der Waals surface area contributed by atoms with E-state index >= 15 is 0 Å². The molecule has 1 aliphatic carbocycles. The number of carbonyl (C=O) groups excluding carboxylic acids is 5. The fourth-order valence-electron chi connectivity index (χ4n) is 5.91. The van der Waals surface area contributed by atoms with Crippen LogP contribution in [0.1, 0.15) is 82.6 Å². The van der Waals surface area contributed by atoms with Gasteiger partial charge in [-0.3, -0.25) is 4.79 Å². The second kappa shape index (κ2) is 26.0. The van der Waals surface area contributed by atoms with Crippen molar-refractivity contribution >= 4 is 36.1 Å². The molecule has 0 amide bonds. The molecule has 13 nitrogen and oxygen atoms in total. The number of benzene rings is 3. The van der Waals surface area contributed by atoms with E-state index in [2.05, 4.69) is 13.2 Å². The van der Waals surface area contributed by atoms with Crippen LogP contribution < -0.4 is 14.2 Å². The van der Waals surface area contributed by atoms with Crippen molar-refractivity contribution in [1.82, 2.24) is 0 Å². The first-order valence-electron chi connectivity index (χ1n) is 20.3. The number of aliphatic hydroxyl groups excluding tert-OH is 1. The highest BCUT2D eigenvalue weighted by atomic mass is 16.7. The van der Waals surface area contributed by atoms with Crippen LogP contribution in [0.15, 0.2) is 103 Å². The molecular formula is C47H54O13. The lowest BCUT2D eigenvalue weighted by atomic mass is 9.98. The molecule has 1 fully saturated rings. The summed E-state index contributed by atoms with van der Waals surface area (Å²) in [4.78, 5) is 60.2. The maximum Gasteiger partial charge on any atom is 0.513 e. The Labute approximate surface area is 350 Å². The highest BCUT2D eigenvalue weighted by Crippen LogP contribution is 2.26. The molecule has 1 aliphatic rings. The van der Waals surface area contributed by atoms with Crippen LogP contribution >= 0.6 is 0 Å². The quantitative estimate of drug-likeness (QED) is 0.0228. The van der Waals surface area contributed by atoms with Crippen molar-refractivity contribution in [3.05, 3.63) is 109 Å². The molecular weight excluding hydrogens is 773 g/mol. The monoisotopic (exact) mass is 826 g/mol. The summed E-state index contributed by atoms with van der Waals surface area (Å²) in [6.45, 7) is 7.60. The molecule has 0 radical (unpaired) electrons. The summed E-state index contributed by atoms with van der Waals surface area (Å²) in [6.07, 6.45) is 11.2. The molecule has 60 heavy (non-hydrogen) atoms. The Morgan fingerprint density at radius 1 is 0.600 bits per heavy atom. The number of carbonyl (C=O) groups is 5. The van der Waals surface area contributed by atoms with E-state index in [-0.39, 0.29) is 43.5 Å². The summed E-state index contributed by atoms with van der Waals surface area (Å²) >= 11 is 0. The van der Waals surface area contributed by atoms with Gasteiger partial charge in [-0.25, -0.2) is 19.2 Å². The molecule has 0 bridgehead atoms. The topological polar surface area (TPSA) is 170 Å². The number of aliphatic hydroxyl groups is 1. The van der Waals surface area contributed by atoms with Crippen molar-refractivity contribution in [2.75, 3.05) is 33.0 Å². The molecule has 3 aromatic carbocycles. The summed E-state index contributed by atoms with van der Waals surface area (Å²) in [7, 11) is 0. The maximum atomic E-state index is 12.5. The van der Waals surface area contributed by atoms with Crippen LogP contribution in [0, 0.1) is 0 Å². The molecule has 1 N–H and O–H groups in total. The Morgan fingerprint density at radius 2 is 1.12 bits per heavy atom. The van der Waals surface area contributed by atoms with Gasteiger partial charge in [0.2, 0.25) is 0 Å². The van der Waals surface area contributed by atoms with Gasteiger partial charge < -0.3 is 38.3 Å². The lowest BCUT2D eigenvalue weighted by molar-refractivity contribution is -0.151. The van der Waals surface area contributed by atoms with E-state index in [1.165, 1.54) is 12.5 Å². The molecule has 0 heterocycles. The van der Waals surface area contributed by atoms with E-state index in [1.807, 2.05) is 36.4 Å². The predicted molar refractivity (Wildman–Crippen MR) is 223 cm³/mol. The zero-order chi connectivity index (χ0) is 43.0. The number of ether oxygens (including phenoxy) is 7. The molecule has 320 valence electrons. The lowest BCUT2D eigenvalue weighted by Gasteiger charge is -2.21. The Kier molecular flexibility index (Phi) is 20.1. The van der Waals surface area contributed by atoms with Crippen molar-refractivity contribution in [3.8, 4) is 28.4 Å². The number of unbranched alkanes of at least 4 members (excludes halogenated alkanes) is 4. The highest BCUT2D eigenvalue weighted by Gasteiger charge is 2.20. The van der Waals surface area contributed by atoms with Crippen molar-refractivity contribution in [3.63, 3.8) is 0 Å². The van der Waals surface area contributed by atoms with Gasteiger partial charge in [-0.15, -0.1) is 0 Å². The molecule has 0 spiro atoms. The Bertz CT molecular complexity index is 1890. The van der Waals surface area contributed by atoms with Gasteiger partial charge in [0.15, 0.2) is 0 Å². The zero-order valence-electron chi connectivity index (χ0n) is 33.9. The number of hydrogen-bond donors (Lipinski definition) is 1. The molecule has 13 heteroatoms. The van der Waals surface area contributed by atoms with E-state index in [1.54, 1.807) is 42.5 Å². The van der Waals surface area contributed by atoms with Gasteiger partial charge in [-0.1, -0.05) is 56.0 Å². The van der Waals surface area contributed by atoms with Gasteiger partial charge in [0.25, 0.3) is 0 Å². The number of rotatable bonds is 24. The van der Waals surface area contributed by atoms with Crippen LogP contribution in [-0.2, 0) is 38.1 Å². The minimum Gasteiger partial charge on any atom is -0.494 e. The van der Waals surface area contributed by atoms with Gasteiger partial charge in [-0.2, -0.15) is 0 Å². The number of esters is 4.